The predicted octanol–water partition coefficient (Wildman–Crippen LogP) is 2.37. The summed E-state index contributed by atoms with van der Waals surface area (Å²) in [6, 6.07) is 3.62. The van der Waals surface area contributed by atoms with Crippen molar-refractivity contribution in [3.63, 3.8) is 0 Å². The Bertz CT molecular complexity index is 671. The molecule has 0 saturated carbocycles. The van der Waals surface area contributed by atoms with Gasteiger partial charge in [0.25, 0.3) is 0 Å². The summed E-state index contributed by atoms with van der Waals surface area (Å²) in [5, 5.41) is 5.99. The van der Waals surface area contributed by atoms with E-state index >= 15 is 0 Å². The number of alkyl carbamates (subject to hydrolysis) is 1. The Morgan fingerprint density at radius 1 is 1.42 bits per heavy atom. The third kappa shape index (κ3) is 5.23. The van der Waals surface area contributed by atoms with Gasteiger partial charge in [0.1, 0.15) is 12.4 Å². The van der Waals surface area contributed by atoms with Crippen molar-refractivity contribution in [2.45, 2.75) is 38.4 Å². The molecule has 1 aromatic rings. The van der Waals surface area contributed by atoms with Gasteiger partial charge in [0.05, 0.1) is 7.11 Å². The lowest BCUT2D eigenvalue weighted by Crippen LogP contribution is -2.54. The summed E-state index contributed by atoms with van der Waals surface area (Å²) in [6.45, 7) is 6.64. The predicted molar refractivity (Wildman–Crippen MR) is 99.8 cm³/mol. The monoisotopic (exact) mass is 360 g/mol. The van der Waals surface area contributed by atoms with Crippen LogP contribution in [0.4, 0.5) is 4.79 Å². The number of methoxy groups -OCH3 is 1. The van der Waals surface area contributed by atoms with E-state index in [4.69, 9.17) is 15.2 Å². The minimum atomic E-state index is -0.938. The van der Waals surface area contributed by atoms with E-state index in [0.717, 1.165) is 12.0 Å². The molecule has 2 unspecified atom stereocenters. The number of hydrogen-bond acceptors (Lipinski definition) is 6. The molecule has 2 atom stereocenters. The lowest BCUT2D eigenvalue weighted by molar-refractivity contribution is 0.140. The van der Waals surface area contributed by atoms with Crippen LogP contribution in [-0.4, -0.2) is 30.3 Å². The fourth-order valence-electron chi connectivity index (χ4n) is 2.97. The van der Waals surface area contributed by atoms with Gasteiger partial charge in [-0.05, 0) is 43.5 Å². The lowest BCUT2D eigenvalue weighted by atomic mass is 9.93. The highest BCUT2D eigenvalue weighted by Crippen LogP contribution is 2.25. The van der Waals surface area contributed by atoms with E-state index < -0.39 is 17.3 Å². The zero-order valence-electron chi connectivity index (χ0n) is 15.8. The highest BCUT2D eigenvalue weighted by Gasteiger charge is 2.33. The molecule has 2 heterocycles. The summed E-state index contributed by atoms with van der Waals surface area (Å²) in [5.74, 6) is 1.13. The van der Waals surface area contributed by atoms with Gasteiger partial charge in [-0.25, -0.2) is 4.79 Å². The molecule has 4 N–H and O–H groups in total. The van der Waals surface area contributed by atoms with Gasteiger partial charge in [-0.2, -0.15) is 0 Å². The number of aromatic nitrogens is 1. The lowest BCUT2D eigenvalue weighted by Gasteiger charge is -2.35. The number of nitrogens with zero attached hydrogens (tertiary/aromatic N) is 1. The van der Waals surface area contributed by atoms with Crippen LogP contribution >= 0.6 is 0 Å². The molecule has 1 amide bonds. The Balaban J connectivity index is 2.10. The minimum Gasteiger partial charge on any atom is -0.490 e. The summed E-state index contributed by atoms with van der Waals surface area (Å²) >= 11 is 0. The second-order valence-corrected chi connectivity index (χ2v) is 7.23. The number of amides is 1. The van der Waals surface area contributed by atoms with Crippen LogP contribution in [0, 0.1) is 5.92 Å². The van der Waals surface area contributed by atoms with Crippen molar-refractivity contribution in [2.75, 3.05) is 13.7 Å². The highest BCUT2D eigenvalue weighted by molar-refractivity contribution is 5.69. The first-order valence-corrected chi connectivity index (χ1v) is 8.62. The first-order chi connectivity index (χ1) is 12.3. The van der Waals surface area contributed by atoms with Gasteiger partial charge in [-0.3, -0.25) is 10.3 Å². The van der Waals surface area contributed by atoms with Crippen LogP contribution in [0.5, 0.6) is 0 Å². The van der Waals surface area contributed by atoms with Gasteiger partial charge in [0, 0.05) is 29.7 Å². The van der Waals surface area contributed by atoms with E-state index in [9.17, 15) is 4.79 Å². The molecule has 1 aliphatic heterocycles. The molecule has 0 bridgehead atoms. The number of nitrogens with one attached hydrogen (secondary N) is 2. The molecule has 7 nitrogen and oxygen atoms in total. The second-order valence-electron chi connectivity index (χ2n) is 7.23. The van der Waals surface area contributed by atoms with Crippen molar-refractivity contribution in [2.24, 2.45) is 11.7 Å². The maximum absolute atomic E-state index is 11.8. The third-order valence-corrected chi connectivity index (χ3v) is 4.00. The van der Waals surface area contributed by atoms with E-state index in [1.165, 1.54) is 7.11 Å². The van der Waals surface area contributed by atoms with E-state index in [0.29, 0.717) is 18.3 Å². The van der Waals surface area contributed by atoms with Crippen LogP contribution in [-0.2, 0) is 15.1 Å². The molecule has 0 saturated heterocycles. The minimum absolute atomic E-state index is 0.399. The van der Waals surface area contributed by atoms with Crippen molar-refractivity contribution in [1.29, 1.82) is 0 Å². The van der Waals surface area contributed by atoms with Crippen LogP contribution in [0.25, 0.3) is 0 Å². The maximum atomic E-state index is 11.8. The molecule has 1 aromatic heterocycles. The van der Waals surface area contributed by atoms with Crippen LogP contribution in [0.3, 0.4) is 0 Å². The largest absolute Gasteiger partial charge is 0.490 e. The molecule has 0 radical (unpaired) electrons. The number of hydrogen-bond donors (Lipinski definition) is 3. The van der Waals surface area contributed by atoms with Gasteiger partial charge in [0.15, 0.2) is 5.66 Å². The molecule has 2 rings (SSSR count). The average molecular weight is 360 g/mol. The summed E-state index contributed by atoms with van der Waals surface area (Å²) in [5.41, 5.74) is 5.75. The number of ether oxygens (including phenoxy) is 2. The Morgan fingerprint density at radius 3 is 2.65 bits per heavy atom. The van der Waals surface area contributed by atoms with Crippen molar-refractivity contribution in [3.05, 3.63) is 54.2 Å². The first kappa shape index (κ1) is 19.8. The van der Waals surface area contributed by atoms with E-state index in [-0.39, 0.29) is 0 Å². The molecule has 7 heteroatoms. The zero-order valence-corrected chi connectivity index (χ0v) is 15.8. The van der Waals surface area contributed by atoms with Crippen molar-refractivity contribution >= 4 is 6.09 Å². The summed E-state index contributed by atoms with van der Waals surface area (Å²) in [4.78, 5) is 15.8. The molecule has 0 fully saturated rings. The summed E-state index contributed by atoms with van der Waals surface area (Å²) < 4.78 is 10.6. The Morgan fingerprint density at radius 2 is 2.12 bits per heavy atom. The highest BCUT2D eigenvalue weighted by atomic mass is 16.5. The third-order valence-electron chi connectivity index (χ3n) is 4.00. The maximum Gasteiger partial charge on any atom is 0.409 e. The number of carbonyl (C=O) groups excluding carboxylic acids is 1. The van der Waals surface area contributed by atoms with Crippen LogP contribution in [0.2, 0.25) is 0 Å². The van der Waals surface area contributed by atoms with Crippen molar-refractivity contribution < 1.29 is 14.3 Å². The molecule has 142 valence electrons. The first-order valence-electron chi connectivity index (χ1n) is 8.62. The molecule has 1 aliphatic rings. The SMILES string of the molecule is COC(=O)NC1(c2ccncc2)C=CC(OCC(C)(N)CC(C)C)=CN1. The van der Waals surface area contributed by atoms with E-state index in [1.54, 1.807) is 24.7 Å². The standard InChI is InChI=1S/C19H28N4O3/c1-14(2)11-18(3,20)13-26-16-5-8-19(22-12-16,23-17(24)25-4)15-6-9-21-10-7-15/h5-10,12,14,22H,11,13,20H2,1-4H3,(H,23,24). The van der Waals surface area contributed by atoms with Gasteiger partial charge < -0.3 is 20.5 Å². The molecular formula is C19H28N4O3. The molecule has 0 spiro atoms. The molecule has 0 aromatic carbocycles. The average Bonchev–Trinajstić information content (AvgIpc) is 2.61. The number of rotatable bonds is 7. The van der Waals surface area contributed by atoms with Gasteiger partial charge in [0.2, 0.25) is 0 Å². The number of allylic oxidation sites excluding steroid dienone is 1. The zero-order chi connectivity index (χ0) is 19.2. The number of carbonyl (C=O) groups is 1. The van der Waals surface area contributed by atoms with Gasteiger partial charge in [-0.15, -0.1) is 0 Å². The molecule has 0 aliphatic carbocycles. The van der Waals surface area contributed by atoms with Gasteiger partial charge in [-0.1, -0.05) is 13.8 Å². The Labute approximate surface area is 154 Å². The Kier molecular flexibility index (Phi) is 6.26. The number of pyridine rings is 1. The van der Waals surface area contributed by atoms with E-state index in [1.807, 2.05) is 25.1 Å². The Hall–Kier alpha value is -2.54. The quantitative estimate of drug-likeness (QED) is 0.690. The van der Waals surface area contributed by atoms with Crippen molar-refractivity contribution in [1.82, 2.24) is 15.6 Å². The smallest absolute Gasteiger partial charge is 0.409 e. The fraction of sp³-hybridized carbons (Fsp3) is 0.474. The number of dihydropyridines is 1. The summed E-state index contributed by atoms with van der Waals surface area (Å²) in [6.07, 6.45) is 8.95. The van der Waals surface area contributed by atoms with Crippen LogP contribution in [0.1, 0.15) is 32.8 Å². The fourth-order valence-corrected chi connectivity index (χ4v) is 2.97. The summed E-state index contributed by atoms with van der Waals surface area (Å²) in [7, 11) is 1.32. The normalized spacial score (nSPS) is 21.4. The topological polar surface area (TPSA) is 98.5 Å². The van der Waals surface area contributed by atoms with Crippen LogP contribution < -0.4 is 16.4 Å². The molecule has 26 heavy (non-hydrogen) atoms. The molecular weight excluding hydrogens is 332 g/mol. The van der Waals surface area contributed by atoms with E-state index in [2.05, 4.69) is 29.5 Å². The van der Waals surface area contributed by atoms with Crippen LogP contribution in [0.15, 0.2) is 48.6 Å². The van der Waals surface area contributed by atoms with Gasteiger partial charge >= 0.3 is 6.09 Å². The van der Waals surface area contributed by atoms with Crippen molar-refractivity contribution in [3.8, 4) is 0 Å². The second kappa shape index (κ2) is 8.23. The number of nitrogens with two attached hydrogens (primary N) is 1.